The molecule has 0 aliphatic heterocycles. The molecule has 2 heterocycles. The largest absolute Gasteiger partial charge is 0.345 e. The molecule has 108 valence electrons. The Hall–Kier alpha value is -3.08. The highest BCUT2D eigenvalue weighted by molar-refractivity contribution is 5.92. The monoisotopic (exact) mass is 290 g/mol. The van der Waals surface area contributed by atoms with Crippen LogP contribution in [0.5, 0.6) is 0 Å². The van der Waals surface area contributed by atoms with Crippen LogP contribution in [0, 0.1) is 0 Å². The minimum atomic E-state index is -0.266. The van der Waals surface area contributed by atoms with E-state index in [2.05, 4.69) is 20.3 Å². The fourth-order valence-electron chi connectivity index (χ4n) is 1.97. The van der Waals surface area contributed by atoms with Crippen LogP contribution >= 0.6 is 0 Å². The van der Waals surface area contributed by atoms with Crippen molar-refractivity contribution in [2.75, 3.05) is 0 Å². The lowest BCUT2D eigenvalue weighted by molar-refractivity contribution is 0.0945. The van der Waals surface area contributed by atoms with Crippen molar-refractivity contribution in [3.05, 3.63) is 78.5 Å². The van der Waals surface area contributed by atoms with E-state index in [1.165, 1.54) is 6.20 Å². The summed E-state index contributed by atoms with van der Waals surface area (Å²) >= 11 is 0. The zero-order valence-electron chi connectivity index (χ0n) is 11.8. The Morgan fingerprint density at radius 2 is 1.73 bits per heavy atom. The first kappa shape index (κ1) is 13.9. The molecule has 1 aromatic carbocycles. The van der Waals surface area contributed by atoms with Crippen molar-refractivity contribution in [3.8, 4) is 11.3 Å². The lowest BCUT2D eigenvalue weighted by Crippen LogP contribution is -2.24. The second kappa shape index (κ2) is 6.58. The van der Waals surface area contributed by atoms with Crippen molar-refractivity contribution in [1.29, 1.82) is 0 Å². The van der Waals surface area contributed by atoms with Gasteiger partial charge in [-0.05, 0) is 12.1 Å². The van der Waals surface area contributed by atoms with Crippen LogP contribution in [0.4, 0.5) is 0 Å². The number of rotatable bonds is 4. The van der Waals surface area contributed by atoms with Gasteiger partial charge in [-0.3, -0.25) is 14.8 Å². The van der Waals surface area contributed by atoms with E-state index >= 15 is 0 Å². The fraction of sp³-hybridized carbons (Fsp3) is 0.0588. The molecule has 0 bridgehead atoms. The Kier molecular flexibility index (Phi) is 4.15. The first-order valence-corrected chi connectivity index (χ1v) is 6.88. The molecular formula is C17H14N4O. The summed E-state index contributed by atoms with van der Waals surface area (Å²) in [7, 11) is 0. The van der Waals surface area contributed by atoms with Crippen LogP contribution < -0.4 is 5.32 Å². The van der Waals surface area contributed by atoms with Crippen molar-refractivity contribution in [2.24, 2.45) is 0 Å². The minimum Gasteiger partial charge on any atom is -0.345 e. The van der Waals surface area contributed by atoms with Crippen LogP contribution in [0.15, 0.2) is 67.1 Å². The van der Waals surface area contributed by atoms with Crippen molar-refractivity contribution >= 4 is 5.91 Å². The number of carbonyl (C=O) groups is 1. The maximum absolute atomic E-state index is 12.0. The third-order valence-electron chi connectivity index (χ3n) is 3.11. The normalized spacial score (nSPS) is 10.2. The van der Waals surface area contributed by atoms with Crippen LogP contribution in [0.3, 0.4) is 0 Å². The first-order chi connectivity index (χ1) is 10.8. The highest BCUT2D eigenvalue weighted by atomic mass is 16.1. The van der Waals surface area contributed by atoms with E-state index in [4.69, 9.17) is 0 Å². The zero-order valence-corrected chi connectivity index (χ0v) is 11.8. The molecule has 3 rings (SSSR count). The second-order valence-corrected chi connectivity index (χ2v) is 4.66. The van der Waals surface area contributed by atoms with Gasteiger partial charge in [-0.25, -0.2) is 4.98 Å². The Morgan fingerprint density at radius 3 is 2.41 bits per heavy atom. The number of amides is 1. The third kappa shape index (κ3) is 3.32. The first-order valence-electron chi connectivity index (χ1n) is 6.88. The molecule has 0 radical (unpaired) electrons. The Labute approximate surface area is 128 Å². The topological polar surface area (TPSA) is 67.8 Å². The van der Waals surface area contributed by atoms with Crippen LogP contribution in [0.1, 0.15) is 16.2 Å². The van der Waals surface area contributed by atoms with Crippen molar-refractivity contribution in [3.63, 3.8) is 0 Å². The predicted molar refractivity (Wildman–Crippen MR) is 82.9 cm³/mol. The summed E-state index contributed by atoms with van der Waals surface area (Å²) in [5, 5.41) is 2.77. The number of benzene rings is 1. The third-order valence-corrected chi connectivity index (χ3v) is 3.11. The molecule has 0 fully saturated rings. The molecule has 0 saturated heterocycles. The lowest BCUT2D eigenvalue weighted by Gasteiger charge is -2.05. The number of hydrogen-bond donors (Lipinski definition) is 1. The Morgan fingerprint density at radius 1 is 0.909 bits per heavy atom. The Bertz CT molecular complexity index is 743. The smallest absolute Gasteiger partial charge is 0.271 e. The van der Waals surface area contributed by atoms with E-state index < -0.39 is 0 Å². The van der Waals surface area contributed by atoms with E-state index in [0.29, 0.717) is 6.54 Å². The maximum atomic E-state index is 12.0. The molecule has 2 aromatic heterocycles. The van der Waals surface area contributed by atoms with Crippen molar-refractivity contribution in [1.82, 2.24) is 20.3 Å². The zero-order chi connectivity index (χ0) is 15.2. The summed E-state index contributed by atoms with van der Waals surface area (Å²) in [6, 6.07) is 15.3. The molecule has 1 amide bonds. The lowest BCUT2D eigenvalue weighted by atomic mass is 10.2. The van der Waals surface area contributed by atoms with E-state index in [0.717, 1.165) is 17.0 Å². The summed E-state index contributed by atoms with van der Waals surface area (Å²) in [5.41, 5.74) is 2.79. The highest BCUT2D eigenvalue weighted by Crippen LogP contribution is 2.14. The molecule has 0 unspecified atom stereocenters. The second-order valence-electron chi connectivity index (χ2n) is 4.66. The van der Waals surface area contributed by atoms with Gasteiger partial charge in [0.15, 0.2) is 0 Å². The van der Waals surface area contributed by atoms with Gasteiger partial charge in [0.2, 0.25) is 0 Å². The van der Waals surface area contributed by atoms with Gasteiger partial charge in [0.25, 0.3) is 5.91 Å². The van der Waals surface area contributed by atoms with E-state index in [-0.39, 0.29) is 11.6 Å². The number of nitrogens with zero attached hydrogens (tertiary/aromatic N) is 3. The number of hydrogen-bond acceptors (Lipinski definition) is 4. The summed E-state index contributed by atoms with van der Waals surface area (Å²) in [4.78, 5) is 24.6. The molecule has 0 aliphatic rings. The summed E-state index contributed by atoms with van der Waals surface area (Å²) < 4.78 is 0. The average Bonchev–Trinajstić information content (AvgIpc) is 2.61. The molecule has 3 aromatic rings. The molecule has 0 atom stereocenters. The SMILES string of the molecule is O=C(NCc1ccccn1)c1cnc(-c2ccccc2)cn1. The van der Waals surface area contributed by atoms with Gasteiger partial charge in [0, 0.05) is 11.8 Å². The molecule has 0 spiro atoms. The van der Waals surface area contributed by atoms with Gasteiger partial charge in [-0.1, -0.05) is 36.4 Å². The summed E-state index contributed by atoms with van der Waals surface area (Å²) in [6.45, 7) is 0.363. The minimum absolute atomic E-state index is 0.266. The molecule has 1 N–H and O–H groups in total. The van der Waals surface area contributed by atoms with Gasteiger partial charge < -0.3 is 5.32 Å². The van der Waals surface area contributed by atoms with Crippen LogP contribution in [0.2, 0.25) is 0 Å². The van der Waals surface area contributed by atoms with Gasteiger partial charge in [0.05, 0.1) is 30.3 Å². The van der Waals surface area contributed by atoms with Crippen molar-refractivity contribution < 1.29 is 4.79 Å². The summed E-state index contributed by atoms with van der Waals surface area (Å²) in [5.74, 6) is -0.266. The number of nitrogens with one attached hydrogen (secondary N) is 1. The van der Waals surface area contributed by atoms with Crippen LogP contribution in [0.25, 0.3) is 11.3 Å². The molecule has 22 heavy (non-hydrogen) atoms. The van der Waals surface area contributed by atoms with Gasteiger partial charge >= 0.3 is 0 Å². The standard InChI is InChI=1S/C17H14N4O/c22-17(21-10-14-8-4-5-9-18-14)16-12-19-15(11-20-16)13-6-2-1-3-7-13/h1-9,11-12H,10H2,(H,21,22). The highest BCUT2D eigenvalue weighted by Gasteiger charge is 2.08. The maximum Gasteiger partial charge on any atom is 0.271 e. The quantitative estimate of drug-likeness (QED) is 0.801. The van der Waals surface area contributed by atoms with Crippen molar-refractivity contribution in [2.45, 2.75) is 6.54 Å². The summed E-state index contributed by atoms with van der Waals surface area (Å²) in [6.07, 6.45) is 4.77. The predicted octanol–water partition coefficient (Wildman–Crippen LogP) is 2.47. The Balaban J connectivity index is 1.66. The number of pyridine rings is 1. The molecule has 0 aliphatic carbocycles. The number of aromatic nitrogens is 3. The van der Waals surface area contributed by atoms with Gasteiger partial charge in [-0.2, -0.15) is 0 Å². The molecule has 0 saturated carbocycles. The van der Waals surface area contributed by atoms with E-state index in [9.17, 15) is 4.79 Å². The molecular weight excluding hydrogens is 276 g/mol. The van der Waals surface area contributed by atoms with Crippen LogP contribution in [-0.4, -0.2) is 20.9 Å². The number of carbonyl (C=O) groups excluding carboxylic acids is 1. The van der Waals surface area contributed by atoms with Gasteiger partial charge in [-0.15, -0.1) is 0 Å². The fourth-order valence-corrected chi connectivity index (χ4v) is 1.97. The molecule has 5 nitrogen and oxygen atoms in total. The van der Waals surface area contributed by atoms with Gasteiger partial charge in [0.1, 0.15) is 5.69 Å². The van der Waals surface area contributed by atoms with E-state index in [1.807, 2.05) is 48.5 Å². The van der Waals surface area contributed by atoms with Crippen LogP contribution in [-0.2, 0) is 6.54 Å². The van der Waals surface area contributed by atoms with E-state index in [1.54, 1.807) is 12.4 Å². The molecule has 5 heteroatoms. The average molecular weight is 290 g/mol.